The molecule has 2 aromatic rings. The number of hydrogen-bond acceptors (Lipinski definition) is 4. The number of nitrogens with zero attached hydrogens (tertiary/aromatic N) is 1. The molecule has 1 aromatic carbocycles. The molecule has 0 spiro atoms. The molecule has 0 radical (unpaired) electrons. The van der Waals surface area contributed by atoms with Crippen molar-refractivity contribution in [3.05, 3.63) is 50.9 Å². The molecule has 0 saturated carbocycles. The van der Waals surface area contributed by atoms with Gasteiger partial charge in [0.1, 0.15) is 6.04 Å². The van der Waals surface area contributed by atoms with Gasteiger partial charge in [-0.2, -0.15) is 0 Å². The highest BCUT2D eigenvalue weighted by Gasteiger charge is 2.15. The van der Waals surface area contributed by atoms with E-state index in [9.17, 15) is 4.79 Å². The van der Waals surface area contributed by atoms with E-state index in [-0.39, 0.29) is 0 Å². The summed E-state index contributed by atoms with van der Waals surface area (Å²) < 4.78 is 0. The Morgan fingerprint density at radius 3 is 2.77 bits per heavy atom. The van der Waals surface area contributed by atoms with Crippen molar-refractivity contribution in [2.45, 2.75) is 38.8 Å². The number of carbonyl (C=O) groups is 1. The standard InChI is InChI=1S/C16H19ClN2O2S/c1-2-3-14(16(20)21)18-9-13-10-22-15(19-13)8-11-4-6-12(17)7-5-11/h4-7,10,14,18H,2-3,8-9H2,1H3,(H,20,21). The minimum absolute atomic E-state index is 0.480. The lowest BCUT2D eigenvalue weighted by Crippen LogP contribution is -2.36. The zero-order valence-electron chi connectivity index (χ0n) is 12.4. The molecule has 0 saturated heterocycles. The Balaban J connectivity index is 1.90. The molecule has 1 atom stereocenters. The van der Waals surface area contributed by atoms with Crippen LogP contribution in [0.2, 0.25) is 5.02 Å². The first kappa shape index (κ1) is 16.9. The smallest absolute Gasteiger partial charge is 0.320 e. The third-order valence-corrected chi connectivity index (χ3v) is 4.42. The van der Waals surface area contributed by atoms with Crippen LogP contribution in [0.4, 0.5) is 0 Å². The van der Waals surface area contributed by atoms with Crippen LogP contribution in [0.25, 0.3) is 0 Å². The number of benzene rings is 1. The molecule has 118 valence electrons. The van der Waals surface area contributed by atoms with E-state index in [2.05, 4.69) is 10.3 Å². The Labute approximate surface area is 139 Å². The van der Waals surface area contributed by atoms with Crippen LogP contribution in [-0.2, 0) is 17.8 Å². The SMILES string of the molecule is CCCC(NCc1csc(Cc2ccc(Cl)cc2)n1)C(=O)O. The predicted octanol–water partition coefficient (Wildman–Crippen LogP) is 3.73. The second-order valence-electron chi connectivity index (χ2n) is 5.10. The molecule has 1 unspecified atom stereocenters. The summed E-state index contributed by atoms with van der Waals surface area (Å²) in [6, 6.07) is 7.21. The van der Waals surface area contributed by atoms with Gasteiger partial charge in [-0.05, 0) is 24.1 Å². The Hall–Kier alpha value is -1.43. The summed E-state index contributed by atoms with van der Waals surface area (Å²) in [6.45, 7) is 2.46. The van der Waals surface area contributed by atoms with Gasteiger partial charge < -0.3 is 5.11 Å². The van der Waals surface area contributed by atoms with E-state index in [0.29, 0.717) is 13.0 Å². The first-order valence-electron chi connectivity index (χ1n) is 7.22. The molecule has 1 aromatic heterocycles. The fourth-order valence-electron chi connectivity index (χ4n) is 2.12. The van der Waals surface area contributed by atoms with E-state index in [1.807, 2.05) is 36.6 Å². The van der Waals surface area contributed by atoms with E-state index in [1.54, 1.807) is 11.3 Å². The first-order chi connectivity index (χ1) is 10.6. The van der Waals surface area contributed by atoms with Crippen molar-refractivity contribution < 1.29 is 9.90 Å². The van der Waals surface area contributed by atoms with E-state index in [1.165, 1.54) is 0 Å². The lowest BCUT2D eigenvalue weighted by atomic mass is 10.1. The minimum Gasteiger partial charge on any atom is -0.480 e. The highest BCUT2D eigenvalue weighted by molar-refractivity contribution is 7.09. The zero-order chi connectivity index (χ0) is 15.9. The molecule has 0 amide bonds. The Kier molecular flexibility index (Phi) is 6.36. The molecule has 1 heterocycles. The van der Waals surface area contributed by atoms with Crippen molar-refractivity contribution in [2.75, 3.05) is 0 Å². The predicted molar refractivity (Wildman–Crippen MR) is 89.5 cm³/mol. The monoisotopic (exact) mass is 338 g/mol. The van der Waals surface area contributed by atoms with Crippen LogP contribution in [0.15, 0.2) is 29.6 Å². The largest absolute Gasteiger partial charge is 0.480 e. The molecule has 4 nitrogen and oxygen atoms in total. The summed E-state index contributed by atoms with van der Waals surface area (Å²) in [5.74, 6) is -0.807. The average Bonchev–Trinajstić information content (AvgIpc) is 2.93. The van der Waals surface area contributed by atoms with Gasteiger partial charge in [0.05, 0.1) is 10.7 Å². The van der Waals surface area contributed by atoms with Crippen LogP contribution < -0.4 is 5.32 Å². The van der Waals surface area contributed by atoms with Gasteiger partial charge in [-0.25, -0.2) is 4.98 Å². The minimum atomic E-state index is -0.807. The molecule has 0 bridgehead atoms. The molecule has 2 N–H and O–H groups in total. The average molecular weight is 339 g/mol. The lowest BCUT2D eigenvalue weighted by molar-refractivity contribution is -0.139. The van der Waals surface area contributed by atoms with Crippen LogP contribution in [0.5, 0.6) is 0 Å². The summed E-state index contributed by atoms with van der Waals surface area (Å²) in [6.07, 6.45) is 2.22. The molecule has 0 aliphatic heterocycles. The molecule has 6 heteroatoms. The number of rotatable bonds is 8. The quantitative estimate of drug-likeness (QED) is 0.769. The van der Waals surface area contributed by atoms with Crippen molar-refractivity contribution in [2.24, 2.45) is 0 Å². The van der Waals surface area contributed by atoms with Crippen molar-refractivity contribution in [3.63, 3.8) is 0 Å². The zero-order valence-corrected chi connectivity index (χ0v) is 14.0. The number of aromatic nitrogens is 1. The molecule has 22 heavy (non-hydrogen) atoms. The number of thiazole rings is 1. The van der Waals surface area contributed by atoms with Gasteiger partial charge >= 0.3 is 5.97 Å². The van der Waals surface area contributed by atoms with Crippen LogP contribution in [0.3, 0.4) is 0 Å². The van der Waals surface area contributed by atoms with E-state index in [0.717, 1.165) is 34.1 Å². The van der Waals surface area contributed by atoms with Gasteiger partial charge in [0, 0.05) is 23.4 Å². The molecular weight excluding hydrogens is 320 g/mol. The fraction of sp³-hybridized carbons (Fsp3) is 0.375. The van der Waals surface area contributed by atoms with Gasteiger partial charge in [0.25, 0.3) is 0 Å². The van der Waals surface area contributed by atoms with E-state index in [4.69, 9.17) is 16.7 Å². The maximum Gasteiger partial charge on any atom is 0.320 e. The Bertz CT molecular complexity index is 613. The van der Waals surface area contributed by atoms with Crippen molar-refractivity contribution >= 4 is 28.9 Å². The van der Waals surface area contributed by atoms with Crippen LogP contribution in [0.1, 0.15) is 36.0 Å². The maximum absolute atomic E-state index is 11.1. The van der Waals surface area contributed by atoms with E-state index >= 15 is 0 Å². The second-order valence-corrected chi connectivity index (χ2v) is 6.48. The third kappa shape index (κ3) is 5.09. The number of halogens is 1. The number of carboxylic acids is 1. The number of carboxylic acid groups (broad SMARTS) is 1. The summed E-state index contributed by atoms with van der Waals surface area (Å²) >= 11 is 7.46. The summed E-state index contributed by atoms with van der Waals surface area (Å²) in [5, 5.41) is 15.9. The Morgan fingerprint density at radius 1 is 1.41 bits per heavy atom. The normalized spacial score (nSPS) is 12.3. The molecule has 0 fully saturated rings. The molecule has 2 rings (SSSR count). The second kappa shape index (κ2) is 8.27. The van der Waals surface area contributed by atoms with Crippen LogP contribution >= 0.6 is 22.9 Å². The molecule has 0 aliphatic carbocycles. The van der Waals surface area contributed by atoms with Crippen molar-refractivity contribution in [1.29, 1.82) is 0 Å². The van der Waals surface area contributed by atoms with Gasteiger partial charge in [0.2, 0.25) is 0 Å². The van der Waals surface area contributed by atoms with Crippen LogP contribution in [0, 0.1) is 0 Å². The van der Waals surface area contributed by atoms with Crippen molar-refractivity contribution in [1.82, 2.24) is 10.3 Å². The van der Waals surface area contributed by atoms with Gasteiger partial charge in [-0.3, -0.25) is 10.1 Å². The molecule has 0 aliphatic rings. The third-order valence-electron chi connectivity index (χ3n) is 3.27. The fourth-order valence-corrected chi connectivity index (χ4v) is 3.07. The lowest BCUT2D eigenvalue weighted by Gasteiger charge is -2.11. The van der Waals surface area contributed by atoms with Gasteiger partial charge in [0.15, 0.2) is 0 Å². The number of hydrogen-bond donors (Lipinski definition) is 2. The van der Waals surface area contributed by atoms with Crippen molar-refractivity contribution in [3.8, 4) is 0 Å². The molecular formula is C16H19ClN2O2S. The number of aliphatic carboxylic acids is 1. The summed E-state index contributed by atoms with van der Waals surface area (Å²) in [7, 11) is 0. The number of nitrogens with one attached hydrogen (secondary N) is 1. The highest BCUT2D eigenvalue weighted by atomic mass is 35.5. The maximum atomic E-state index is 11.1. The Morgan fingerprint density at radius 2 is 2.14 bits per heavy atom. The highest BCUT2D eigenvalue weighted by Crippen LogP contribution is 2.17. The topological polar surface area (TPSA) is 62.2 Å². The first-order valence-corrected chi connectivity index (χ1v) is 8.48. The summed E-state index contributed by atoms with van der Waals surface area (Å²) in [4.78, 5) is 15.6. The summed E-state index contributed by atoms with van der Waals surface area (Å²) in [5.41, 5.74) is 2.05. The van der Waals surface area contributed by atoms with E-state index < -0.39 is 12.0 Å². The van der Waals surface area contributed by atoms with Gasteiger partial charge in [-0.1, -0.05) is 37.1 Å². The van der Waals surface area contributed by atoms with Crippen LogP contribution in [-0.4, -0.2) is 22.1 Å². The van der Waals surface area contributed by atoms with Gasteiger partial charge in [-0.15, -0.1) is 11.3 Å².